The number of imidazole rings is 1. The van der Waals surface area contributed by atoms with E-state index in [0.717, 1.165) is 51.4 Å². The van der Waals surface area contributed by atoms with Gasteiger partial charge in [0.15, 0.2) is 11.5 Å². The Morgan fingerprint density at radius 2 is 1.90 bits per heavy atom. The maximum Gasteiger partial charge on any atom is 0.326 e. The van der Waals surface area contributed by atoms with Gasteiger partial charge in [-0.1, -0.05) is 26.2 Å². The summed E-state index contributed by atoms with van der Waals surface area (Å²) in [4.78, 5) is 38.2. The van der Waals surface area contributed by atoms with E-state index in [1.807, 2.05) is 6.92 Å². The molecule has 0 amide bonds. The van der Waals surface area contributed by atoms with E-state index in [-0.39, 0.29) is 24.9 Å². The van der Waals surface area contributed by atoms with Gasteiger partial charge in [-0.3, -0.25) is 14.2 Å². The molecule has 0 radical (unpaired) electrons. The molecule has 1 aliphatic rings. The molecule has 3 atom stereocenters. The molecule has 0 saturated heterocycles. The molecule has 0 aliphatic heterocycles. The van der Waals surface area contributed by atoms with E-state index >= 15 is 0 Å². The lowest BCUT2D eigenvalue weighted by molar-refractivity contribution is -0.150. The molecule has 1 unspecified atom stereocenters. The second kappa shape index (κ2) is 15.0. The van der Waals surface area contributed by atoms with Crippen LogP contribution in [0.4, 0.5) is 5.82 Å². The Labute approximate surface area is 242 Å². The minimum atomic E-state index is -3.69. The van der Waals surface area contributed by atoms with E-state index < -0.39 is 37.1 Å². The number of unbranched alkanes of at least 4 members (excludes halogenated alkanes) is 3. The molecule has 3 rings (SSSR count). The predicted molar refractivity (Wildman–Crippen MR) is 156 cm³/mol. The van der Waals surface area contributed by atoms with Crippen molar-refractivity contribution in [3.63, 3.8) is 0 Å². The van der Waals surface area contributed by atoms with Crippen LogP contribution in [0, 0.1) is 0 Å². The van der Waals surface area contributed by atoms with Gasteiger partial charge in [0.25, 0.3) is 0 Å². The maximum absolute atomic E-state index is 14.2. The molecule has 1 aliphatic carbocycles. The number of ether oxygens (including phenoxy) is 3. The van der Waals surface area contributed by atoms with Gasteiger partial charge in [-0.15, -0.1) is 0 Å². The zero-order chi connectivity index (χ0) is 30.0. The summed E-state index contributed by atoms with van der Waals surface area (Å²) in [6.45, 7) is 9.34. The van der Waals surface area contributed by atoms with E-state index in [4.69, 9.17) is 19.9 Å². The van der Waals surface area contributed by atoms with E-state index in [9.17, 15) is 14.2 Å². The van der Waals surface area contributed by atoms with Crippen LogP contribution in [0.15, 0.2) is 12.7 Å². The molecule has 4 N–H and O–H groups in total. The van der Waals surface area contributed by atoms with Crippen molar-refractivity contribution in [1.29, 1.82) is 0 Å². The first-order chi connectivity index (χ1) is 19.4. The summed E-state index contributed by atoms with van der Waals surface area (Å²) < 4.78 is 33.1. The van der Waals surface area contributed by atoms with Crippen LogP contribution in [0.25, 0.3) is 11.2 Å². The minimum Gasteiger partial charge on any atom is -0.464 e. The first kappa shape index (κ1) is 32.9. The van der Waals surface area contributed by atoms with Gasteiger partial charge in [-0.25, -0.2) is 25.1 Å². The fraction of sp³-hybridized carbons (Fsp3) is 0.741. The summed E-state index contributed by atoms with van der Waals surface area (Å²) in [5.41, 5.74) is 5.61. The Kier molecular flexibility index (Phi) is 12.1. The highest BCUT2D eigenvalue weighted by Gasteiger charge is 2.39. The summed E-state index contributed by atoms with van der Waals surface area (Å²) >= 11 is 0. The van der Waals surface area contributed by atoms with Crippen LogP contribution < -0.4 is 15.9 Å². The first-order valence-corrected chi connectivity index (χ1v) is 16.4. The number of hydrogen-bond acceptors (Lipinski definition) is 10. The summed E-state index contributed by atoms with van der Waals surface area (Å²) in [7, 11) is -3.69. The van der Waals surface area contributed by atoms with Crippen LogP contribution in [0.2, 0.25) is 0 Å². The van der Waals surface area contributed by atoms with Crippen LogP contribution in [0.1, 0.15) is 86.0 Å². The molecule has 230 valence electrons. The number of carbonyl (C=O) groups excluding carboxylic acids is 2. The number of aromatic nitrogens is 4. The molecule has 13 nitrogen and oxygen atoms in total. The molecule has 1 fully saturated rings. The Morgan fingerprint density at radius 3 is 2.61 bits per heavy atom. The number of carbonyl (C=O) groups is 2. The smallest absolute Gasteiger partial charge is 0.326 e. The number of anilines is 1. The van der Waals surface area contributed by atoms with Gasteiger partial charge in [0.05, 0.1) is 25.6 Å². The van der Waals surface area contributed by atoms with Crippen LogP contribution in [-0.4, -0.2) is 68.2 Å². The van der Waals surface area contributed by atoms with Crippen LogP contribution >= 0.6 is 7.44 Å². The number of fused-ring (bicyclic) bond motifs is 1. The normalized spacial score (nSPS) is 17.3. The SMILES string of the molecule is CCCCCCOC(=O)C(C)(C)NP(=O)(CO[C@H](C)Cn1cnc2c(N)ncnc21)N[C@H](C)C(=O)OC1CCCC1. The van der Waals surface area contributed by atoms with Crippen LogP contribution in [0.5, 0.6) is 0 Å². The summed E-state index contributed by atoms with van der Waals surface area (Å²) in [6, 6.07) is -0.897. The van der Waals surface area contributed by atoms with Crippen molar-refractivity contribution < 1.29 is 28.4 Å². The monoisotopic (exact) mass is 595 g/mol. The molecule has 2 aromatic heterocycles. The van der Waals surface area contributed by atoms with Gasteiger partial charge in [0, 0.05) is 0 Å². The zero-order valence-corrected chi connectivity index (χ0v) is 25.8. The fourth-order valence-electron chi connectivity index (χ4n) is 4.71. The Balaban J connectivity index is 1.67. The highest BCUT2D eigenvalue weighted by molar-refractivity contribution is 7.59. The van der Waals surface area contributed by atoms with Gasteiger partial charge >= 0.3 is 11.9 Å². The number of nitrogens with two attached hydrogens (primary N) is 1. The van der Waals surface area contributed by atoms with E-state index in [1.165, 1.54) is 6.33 Å². The number of nitrogens with zero attached hydrogens (tertiary/aromatic N) is 4. The van der Waals surface area contributed by atoms with E-state index in [1.54, 1.807) is 31.7 Å². The summed E-state index contributed by atoms with van der Waals surface area (Å²) in [5.74, 6) is -0.754. The average molecular weight is 596 g/mol. The van der Waals surface area contributed by atoms with E-state index in [0.29, 0.717) is 17.7 Å². The van der Waals surface area contributed by atoms with Crippen molar-refractivity contribution in [1.82, 2.24) is 29.7 Å². The Bertz CT molecular complexity index is 1200. The summed E-state index contributed by atoms with van der Waals surface area (Å²) in [5, 5.41) is 5.83. The third-order valence-electron chi connectivity index (χ3n) is 6.97. The molecule has 1 saturated carbocycles. The Morgan fingerprint density at radius 1 is 1.17 bits per heavy atom. The van der Waals surface area contributed by atoms with E-state index in [2.05, 4.69) is 32.1 Å². The second-order valence-corrected chi connectivity index (χ2v) is 13.5. The maximum atomic E-state index is 14.2. The van der Waals surface area contributed by atoms with Crippen molar-refractivity contribution >= 4 is 36.4 Å². The quantitative estimate of drug-likeness (QED) is 0.137. The second-order valence-electron chi connectivity index (χ2n) is 11.3. The molecular weight excluding hydrogens is 549 g/mol. The highest BCUT2D eigenvalue weighted by atomic mass is 31.2. The number of rotatable bonds is 17. The van der Waals surface area contributed by atoms with Crippen molar-refractivity contribution in [2.24, 2.45) is 0 Å². The summed E-state index contributed by atoms with van der Waals surface area (Å²) in [6.07, 6.45) is 9.65. The zero-order valence-electron chi connectivity index (χ0n) is 24.9. The van der Waals surface area contributed by atoms with Gasteiger partial charge in [-0.2, -0.15) is 0 Å². The fourth-order valence-corrected chi connectivity index (χ4v) is 7.10. The van der Waals surface area contributed by atoms with Crippen molar-refractivity contribution in [3.05, 3.63) is 12.7 Å². The standard InChI is InChI=1S/C27H46N7O6P/c1-6-7-8-11-14-38-26(36)27(4,5)33-41(37,32-20(3)25(35)40-21-12-9-10-13-21)18-39-19(2)15-34-17-31-22-23(28)29-16-30-24(22)34/h16-17,19-21H,6-15,18H2,1-5H3,(H2,28,29,30)(H2,32,33,37)/t19-,20-,41?/m1/s1. The van der Waals surface area contributed by atoms with Gasteiger partial charge in [0.2, 0.25) is 7.44 Å². The lowest BCUT2D eigenvalue weighted by Gasteiger charge is -2.32. The van der Waals surface area contributed by atoms with Crippen LogP contribution in [-0.2, 0) is 34.9 Å². The molecular formula is C27H46N7O6P. The largest absolute Gasteiger partial charge is 0.464 e. The van der Waals surface area contributed by atoms with Crippen molar-refractivity contribution in [2.75, 3.05) is 18.7 Å². The molecule has 0 aromatic carbocycles. The lowest BCUT2D eigenvalue weighted by atomic mass is 10.1. The topological polar surface area (TPSA) is 173 Å². The third kappa shape index (κ3) is 9.73. The van der Waals surface area contributed by atoms with Gasteiger partial charge in [-0.05, 0) is 59.8 Å². The molecule has 2 heterocycles. The number of nitrogen functional groups attached to an aromatic ring is 1. The van der Waals surface area contributed by atoms with Gasteiger partial charge in [0.1, 0.15) is 35.9 Å². The van der Waals surface area contributed by atoms with Crippen molar-refractivity contribution in [3.8, 4) is 0 Å². The molecule has 41 heavy (non-hydrogen) atoms. The Hall–Kier alpha value is -2.60. The molecule has 2 aromatic rings. The predicted octanol–water partition coefficient (Wildman–Crippen LogP) is 3.92. The molecule has 0 bridgehead atoms. The first-order valence-electron chi connectivity index (χ1n) is 14.5. The number of hydrogen-bond donors (Lipinski definition) is 3. The molecule has 0 spiro atoms. The number of esters is 2. The lowest BCUT2D eigenvalue weighted by Crippen LogP contribution is -2.50. The third-order valence-corrected chi connectivity index (χ3v) is 9.20. The van der Waals surface area contributed by atoms with Crippen molar-refractivity contribution in [2.45, 2.75) is 116 Å². The molecule has 14 heteroatoms. The highest BCUT2D eigenvalue weighted by Crippen LogP contribution is 2.40. The number of nitrogens with one attached hydrogen (secondary N) is 2. The van der Waals surface area contributed by atoms with Gasteiger partial charge < -0.3 is 24.5 Å². The average Bonchev–Trinajstić information content (AvgIpc) is 3.58. The van der Waals surface area contributed by atoms with Crippen LogP contribution in [0.3, 0.4) is 0 Å². The minimum absolute atomic E-state index is 0.127.